The lowest BCUT2D eigenvalue weighted by Crippen LogP contribution is -2.35. The molecule has 0 radical (unpaired) electrons. The number of nitrogens with one attached hydrogen (secondary N) is 2. The van der Waals surface area contributed by atoms with E-state index in [-0.39, 0.29) is 18.2 Å². The Balaban J connectivity index is 1.71. The molecule has 26 heavy (non-hydrogen) atoms. The third kappa shape index (κ3) is 4.89. The minimum absolute atomic E-state index is 0.0829. The highest BCUT2D eigenvalue weighted by atomic mass is 79.9. The summed E-state index contributed by atoms with van der Waals surface area (Å²) in [5.41, 5.74) is 1.92. The van der Waals surface area contributed by atoms with E-state index in [1.165, 1.54) is 6.20 Å². The molecule has 136 valence electrons. The molecular formula is C19H21BrN4O2. The summed E-state index contributed by atoms with van der Waals surface area (Å²) < 4.78 is 0.739. The van der Waals surface area contributed by atoms with Crippen LogP contribution >= 0.6 is 15.9 Å². The second kappa shape index (κ2) is 8.91. The Morgan fingerprint density at radius 3 is 2.88 bits per heavy atom. The van der Waals surface area contributed by atoms with Gasteiger partial charge in [0, 0.05) is 42.2 Å². The van der Waals surface area contributed by atoms with E-state index < -0.39 is 0 Å². The fourth-order valence-corrected chi connectivity index (χ4v) is 3.26. The topological polar surface area (TPSA) is 74.3 Å². The van der Waals surface area contributed by atoms with E-state index in [4.69, 9.17) is 0 Å². The number of anilines is 1. The number of hydrogen-bond acceptors (Lipinski definition) is 4. The number of pyridine rings is 1. The fraction of sp³-hybridized carbons (Fsp3) is 0.316. The van der Waals surface area contributed by atoms with Crippen LogP contribution in [0.3, 0.4) is 0 Å². The van der Waals surface area contributed by atoms with Crippen LogP contribution in [0.15, 0.2) is 47.2 Å². The van der Waals surface area contributed by atoms with Gasteiger partial charge in [-0.25, -0.2) is 0 Å². The van der Waals surface area contributed by atoms with Crippen molar-refractivity contribution in [1.82, 2.24) is 15.2 Å². The predicted molar refractivity (Wildman–Crippen MR) is 104 cm³/mol. The summed E-state index contributed by atoms with van der Waals surface area (Å²) in [6.45, 7) is 3.25. The van der Waals surface area contributed by atoms with E-state index in [0.717, 1.165) is 42.6 Å². The van der Waals surface area contributed by atoms with Crippen LogP contribution in [0.1, 0.15) is 22.3 Å². The Kier molecular flexibility index (Phi) is 6.35. The van der Waals surface area contributed by atoms with Crippen LogP contribution in [0, 0.1) is 0 Å². The lowest BCUT2D eigenvalue weighted by Gasteiger charge is -2.21. The summed E-state index contributed by atoms with van der Waals surface area (Å²) >= 11 is 3.32. The first-order valence-electron chi connectivity index (χ1n) is 8.62. The molecule has 0 spiro atoms. The maximum absolute atomic E-state index is 12.6. The molecule has 2 amide bonds. The average molecular weight is 417 g/mol. The summed E-state index contributed by atoms with van der Waals surface area (Å²) in [7, 11) is 0. The molecule has 0 aliphatic carbocycles. The zero-order valence-electron chi connectivity index (χ0n) is 14.4. The summed E-state index contributed by atoms with van der Waals surface area (Å²) in [5, 5.41) is 6.19. The summed E-state index contributed by atoms with van der Waals surface area (Å²) in [6.07, 6.45) is 4.37. The Morgan fingerprint density at radius 1 is 1.19 bits per heavy atom. The van der Waals surface area contributed by atoms with Crippen molar-refractivity contribution in [3.63, 3.8) is 0 Å². The van der Waals surface area contributed by atoms with Crippen LogP contribution < -0.4 is 10.6 Å². The highest BCUT2D eigenvalue weighted by molar-refractivity contribution is 9.10. The van der Waals surface area contributed by atoms with Crippen molar-refractivity contribution in [2.75, 3.05) is 31.5 Å². The summed E-state index contributed by atoms with van der Waals surface area (Å²) in [6, 6.07) is 9.13. The van der Waals surface area contributed by atoms with Crippen molar-refractivity contribution in [3.05, 3.63) is 58.3 Å². The molecule has 0 bridgehead atoms. The van der Waals surface area contributed by atoms with Gasteiger partial charge in [-0.1, -0.05) is 18.2 Å². The minimum atomic E-state index is -0.252. The molecule has 1 aliphatic heterocycles. The monoisotopic (exact) mass is 416 g/mol. The van der Waals surface area contributed by atoms with Crippen molar-refractivity contribution in [2.45, 2.75) is 12.8 Å². The highest BCUT2D eigenvalue weighted by Crippen LogP contribution is 2.19. The quantitative estimate of drug-likeness (QED) is 0.802. The highest BCUT2D eigenvalue weighted by Gasteiger charge is 2.18. The van der Waals surface area contributed by atoms with Crippen molar-refractivity contribution >= 4 is 33.4 Å². The lowest BCUT2D eigenvalue weighted by atomic mass is 10.1. The van der Waals surface area contributed by atoms with E-state index in [1.54, 1.807) is 12.3 Å². The second-order valence-corrected chi connectivity index (χ2v) is 7.08. The van der Waals surface area contributed by atoms with E-state index in [2.05, 4.69) is 31.5 Å². The van der Waals surface area contributed by atoms with Gasteiger partial charge in [0.1, 0.15) is 0 Å². The van der Waals surface area contributed by atoms with E-state index in [1.807, 2.05) is 29.2 Å². The largest absolute Gasteiger partial charge is 0.341 e. The number of amides is 2. The van der Waals surface area contributed by atoms with Gasteiger partial charge in [-0.2, -0.15) is 0 Å². The molecule has 1 fully saturated rings. The van der Waals surface area contributed by atoms with E-state index >= 15 is 0 Å². The molecule has 0 atom stereocenters. The molecule has 0 saturated carbocycles. The van der Waals surface area contributed by atoms with Crippen molar-refractivity contribution in [3.8, 4) is 0 Å². The van der Waals surface area contributed by atoms with Crippen molar-refractivity contribution in [1.29, 1.82) is 0 Å². The number of para-hydroxylation sites is 1. The standard InChI is InChI=1S/C19H21BrN4O2/c20-16-10-15(12-22-13-16)19(26)23-17-5-2-1-4-14(17)11-18(25)24-8-3-6-21-7-9-24/h1-2,4-5,10,12-13,21H,3,6-9,11H2,(H,23,26). The average Bonchev–Trinajstić information content (AvgIpc) is 2.93. The van der Waals surface area contributed by atoms with Crippen LogP contribution in [0.2, 0.25) is 0 Å². The number of aromatic nitrogens is 1. The Morgan fingerprint density at radius 2 is 2.04 bits per heavy atom. The molecule has 7 heteroatoms. The van der Waals surface area contributed by atoms with Crippen LogP contribution in [-0.2, 0) is 11.2 Å². The molecule has 0 unspecified atom stereocenters. The number of carbonyl (C=O) groups excluding carboxylic acids is 2. The van der Waals surface area contributed by atoms with Crippen molar-refractivity contribution < 1.29 is 9.59 Å². The first kappa shape index (κ1) is 18.5. The van der Waals surface area contributed by atoms with Gasteiger partial charge in [0.25, 0.3) is 5.91 Å². The Labute approximate surface area is 161 Å². The first-order chi connectivity index (χ1) is 12.6. The molecular weight excluding hydrogens is 396 g/mol. The van der Waals surface area contributed by atoms with Gasteiger partial charge in [-0.05, 0) is 46.6 Å². The lowest BCUT2D eigenvalue weighted by molar-refractivity contribution is -0.130. The Bertz CT molecular complexity index is 789. The van der Waals surface area contributed by atoms with Gasteiger partial charge >= 0.3 is 0 Å². The summed E-state index contributed by atoms with van der Waals surface area (Å²) in [5.74, 6) is -0.169. The maximum Gasteiger partial charge on any atom is 0.257 e. The van der Waals surface area contributed by atoms with Gasteiger partial charge < -0.3 is 15.5 Å². The third-order valence-corrected chi connectivity index (χ3v) is 4.70. The molecule has 6 nitrogen and oxygen atoms in total. The molecule has 2 heterocycles. The fourth-order valence-electron chi connectivity index (χ4n) is 2.90. The molecule has 3 rings (SSSR count). The molecule has 1 aliphatic rings. The van der Waals surface area contributed by atoms with Gasteiger partial charge in [0.2, 0.25) is 5.91 Å². The van der Waals surface area contributed by atoms with Gasteiger partial charge in [-0.3, -0.25) is 14.6 Å². The molecule has 1 saturated heterocycles. The number of hydrogen-bond donors (Lipinski definition) is 2. The van der Waals surface area contributed by atoms with Gasteiger partial charge in [0.15, 0.2) is 0 Å². The SMILES string of the molecule is O=C(Nc1ccccc1CC(=O)N1CCCNCC1)c1cncc(Br)c1. The zero-order valence-corrected chi connectivity index (χ0v) is 16.0. The molecule has 1 aromatic carbocycles. The Hall–Kier alpha value is -2.25. The minimum Gasteiger partial charge on any atom is -0.341 e. The molecule has 2 N–H and O–H groups in total. The van der Waals surface area contributed by atoms with Crippen LogP contribution in [0.5, 0.6) is 0 Å². The third-order valence-electron chi connectivity index (χ3n) is 4.27. The molecule has 1 aromatic heterocycles. The molecule has 2 aromatic rings. The first-order valence-corrected chi connectivity index (χ1v) is 9.41. The number of halogens is 1. The predicted octanol–water partition coefficient (Wildman–Crippen LogP) is 2.46. The van der Waals surface area contributed by atoms with Crippen LogP contribution in [0.25, 0.3) is 0 Å². The van der Waals surface area contributed by atoms with Gasteiger partial charge in [0.05, 0.1) is 12.0 Å². The number of benzene rings is 1. The number of carbonyl (C=O) groups is 2. The van der Waals surface area contributed by atoms with Crippen molar-refractivity contribution in [2.24, 2.45) is 0 Å². The normalized spacial score (nSPS) is 14.6. The second-order valence-electron chi connectivity index (χ2n) is 6.16. The van der Waals surface area contributed by atoms with E-state index in [0.29, 0.717) is 11.3 Å². The smallest absolute Gasteiger partial charge is 0.257 e. The maximum atomic E-state index is 12.6. The van der Waals surface area contributed by atoms with Crippen LogP contribution in [-0.4, -0.2) is 47.9 Å². The number of nitrogens with zero attached hydrogens (tertiary/aromatic N) is 2. The van der Waals surface area contributed by atoms with E-state index in [9.17, 15) is 9.59 Å². The number of rotatable bonds is 4. The van der Waals surface area contributed by atoms with Gasteiger partial charge in [-0.15, -0.1) is 0 Å². The zero-order chi connectivity index (χ0) is 18.4. The van der Waals surface area contributed by atoms with Crippen LogP contribution in [0.4, 0.5) is 5.69 Å². The summed E-state index contributed by atoms with van der Waals surface area (Å²) in [4.78, 5) is 31.0.